The van der Waals surface area contributed by atoms with Crippen molar-refractivity contribution in [1.29, 1.82) is 0 Å². The third-order valence-corrected chi connectivity index (χ3v) is 6.10. The second-order valence-corrected chi connectivity index (χ2v) is 9.20. The number of nitrogens with one attached hydrogen (secondary N) is 2. The van der Waals surface area contributed by atoms with Crippen molar-refractivity contribution in [3.63, 3.8) is 0 Å². The quantitative estimate of drug-likeness (QED) is 0.110. The smallest absolute Gasteiger partial charge is 0.263 e. The largest absolute Gasteiger partial charge is 0.351 e. The van der Waals surface area contributed by atoms with Gasteiger partial charge < -0.3 is 5.32 Å². The number of rotatable bonds is 9. The number of amidine groups is 1. The van der Waals surface area contributed by atoms with Gasteiger partial charge in [-0.05, 0) is 46.7 Å². The lowest BCUT2D eigenvalue weighted by Gasteiger charge is -2.06. The van der Waals surface area contributed by atoms with Crippen LogP contribution in [0, 0.1) is 0 Å². The van der Waals surface area contributed by atoms with E-state index in [2.05, 4.69) is 20.6 Å². The number of aliphatic imine (C=N–C) groups is 1. The second kappa shape index (κ2) is 11.1. The molecule has 3 rings (SSSR count). The van der Waals surface area contributed by atoms with Crippen molar-refractivity contribution in [1.82, 2.24) is 21.1 Å². The maximum Gasteiger partial charge on any atom is 0.263 e. The summed E-state index contributed by atoms with van der Waals surface area (Å²) < 4.78 is 53.0. The Morgan fingerprint density at radius 2 is 1.94 bits per heavy atom. The molecule has 0 bridgehead atoms. The number of carbonyl (C=O) groups is 1. The Kier molecular flexibility index (Phi) is 8.27. The molecule has 3 aromatic rings. The number of carbonyl (C=O) groups excluding carboxylic acids is 1. The molecule has 15 heteroatoms. The van der Waals surface area contributed by atoms with Gasteiger partial charge in [-0.2, -0.15) is 0 Å². The lowest BCUT2D eigenvalue weighted by Crippen LogP contribution is -2.26. The van der Waals surface area contributed by atoms with E-state index < -0.39 is 22.4 Å². The summed E-state index contributed by atoms with van der Waals surface area (Å²) in [6.45, 7) is 0.197. The van der Waals surface area contributed by atoms with Crippen LogP contribution in [0.3, 0.4) is 0 Å². The summed E-state index contributed by atoms with van der Waals surface area (Å²) in [5.41, 5.74) is 2.05. The Morgan fingerprint density at radius 3 is 2.59 bits per heavy atom. The van der Waals surface area contributed by atoms with E-state index in [4.69, 9.17) is 9.77 Å². The molecule has 0 saturated heterocycles. The van der Waals surface area contributed by atoms with Gasteiger partial charge in [0.1, 0.15) is 0 Å². The van der Waals surface area contributed by atoms with Gasteiger partial charge in [-0.25, -0.2) is 32.0 Å². The fourth-order valence-corrected chi connectivity index (χ4v) is 3.89. The zero-order valence-corrected chi connectivity index (χ0v) is 18.8. The molecule has 0 fully saturated rings. The molecule has 1 aromatic heterocycles. The van der Waals surface area contributed by atoms with Gasteiger partial charge in [-0.1, -0.05) is 23.9 Å². The maximum absolute atomic E-state index is 12.9. The summed E-state index contributed by atoms with van der Waals surface area (Å²) in [4.78, 5) is 16.2. The van der Waals surface area contributed by atoms with Crippen LogP contribution in [0.4, 0.5) is 14.5 Å². The molecule has 0 aliphatic rings. The first kappa shape index (κ1) is 25.2. The van der Waals surface area contributed by atoms with Crippen molar-refractivity contribution < 1.29 is 31.8 Å². The second-order valence-electron chi connectivity index (χ2n) is 6.56. The fourth-order valence-electron chi connectivity index (χ4n) is 2.62. The van der Waals surface area contributed by atoms with Crippen molar-refractivity contribution in [2.45, 2.75) is 16.3 Å². The summed E-state index contributed by atoms with van der Waals surface area (Å²) in [7, 11) is -3.85. The molecule has 0 saturated carbocycles. The topological polar surface area (TPSA) is 173 Å². The van der Waals surface area contributed by atoms with E-state index in [-0.39, 0.29) is 44.8 Å². The van der Waals surface area contributed by atoms with Gasteiger partial charge in [0, 0.05) is 23.4 Å². The van der Waals surface area contributed by atoms with Crippen molar-refractivity contribution in [2.24, 2.45) is 10.1 Å². The minimum Gasteiger partial charge on any atom is -0.351 e. The molecule has 0 atom stereocenters. The standard InChI is InChI=1S/C19H18F2N6O5S2/c20-16(21)12-2-1-3-13(10-12)24-17(25-29)15-19(27-32-26-15)33-9-8-23-18(28)11-4-6-14(7-5-11)34(22,30)31/h1-7,10,16,29H,8-9H2,(H,23,28)(H,24,25)(H2,22,30,31). The van der Waals surface area contributed by atoms with E-state index in [1.807, 2.05) is 5.48 Å². The molecular formula is C19H18F2N6O5S2. The normalized spacial score (nSPS) is 12.1. The highest BCUT2D eigenvalue weighted by atomic mass is 32.2. The number of hydrogen-bond acceptors (Lipinski definition) is 9. The van der Waals surface area contributed by atoms with E-state index >= 15 is 0 Å². The molecule has 5 N–H and O–H groups in total. The Labute approximate surface area is 196 Å². The van der Waals surface area contributed by atoms with E-state index in [0.29, 0.717) is 5.75 Å². The summed E-state index contributed by atoms with van der Waals surface area (Å²) in [6.07, 6.45) is -2.68. The summed E-state index contributed by atoms with van der Waals surface area (Å²) in [5.74, 6) is -0.283. The molecular weight excluding hydrogens is 494 g/mol. The Morgan fingerprint density at radius 1 is 1.21 bits per heavy atom. The predicted octanol–water partition coefficient (Wildman–Crippen LogP) is 2.23. The molecule has 34 heavy (non-hydrogen) atoms. The predicted molar refractivity (Wildman–Crippen MR) is 118 cm³/mol. The van der Waals surface area contributed by atoms with E-state index in [1.165, 1.54) is 42.5 Å². The van der Waals surface area contributed by atoms with Crippen LogP contribution < -0.4 is 15.9 Å². The molecule has 1 amide bonds. The Bertz CT molecular complexity index is 1280. The van der Waals surface area contributed by atoms with Gasteiger partial charge in [-0.3, -0.25) is 15.5 Å². The molecule has 180 valence electrons. The third kappa shape index (κ3) is 6.57. The van der Waals surface area contributed by atoms with Gasteiger partial charge in [0.15, 0.2) is 16.6 Å². The first-order chi connectivity index (χ1) is 16.2. The number of primary sulfonamides is 1. The number of halogens is 2. The Hall–Kier alpha value is -3.40. The van der Waals surface area contributed by atoms with Gasteiger partial charge in [0.05, 0.1) is 10.6 Å². The van der Waals surface area contributed by atoms with Crippen LogP contribution in [0.15, 0.2) is 68.1 Å². The van der Waals surface area contributed by atoms with Gasteiger partial charge in [0.25, 0.3) is 12.3 Å². The van der Waals surface area contributed by atoms with Crippen LogP contribution in [0.2, 0.25) is 0 Å². The number of hydrogen-bond donors (Lipinski definition) is 4. The SMILES string of the molecule is NS(=O)(=O)c1ccc(C(=O)NCCSc2nonc2C(=Nc2cccc(C(F)F)c2)NO)cc1. The molecule has 0 unspecified atom stereocenters. The summed E-state index contributed by atoms with van der Waals surface area (Å²) in [6, 6.07) is 10.4. The zero-order chi connectivity index (χ0) is 24.7. The van der Waals surface area contributed by atoms with Crippen LogP contribution in [-0.4, -0.2) is 48.0 Å². The number of aromatic nitrogens is 2. The number of amides is 1. The average molecular weight is 513 g/mol. The first-order valence-corrected chi connectivity index (χ1v) is 12.0. The van der Waals surface area contributed by atoms with Crippen LogP contribution in [0.1, 0.15) is 28.0 Å². The molecule has 0 aliphatic carbocycles. The average Bonchev–Trinajstić information content (AvgIpc) is 3.28. The molecule has 0 aliphatic heterocycles. The number of nitrogens with two attached hydrogens (primary N) is 1. The minimum absolute atomic E-state index is 0.0415. The third-order valence-electron chi connectivity index (χ3n) is 4.22. The fraction of sp³-hybridized carbons (Fsp3) is 0.158. The van der Waals surface area contributed by atoms with E-state index in [1.54, 1.807) is 0 Å². The van der Waals surface area contributed by atoms with Crippen LogP contribution in [0.25, 0.3) is 0 Å². The monoisotopic (exact) mass is 512 g/mol. The highest BCUT2D eigenvalue weighted by Gasteiger charge is 2.18. The van der Waals surface area contributed by atoms with Gasteiger partial charge >= 0.3 is 0 Å². The van der Waals surface area contributed by atoms with Crippen LogP contribution >= 0.6 is 11.8 Å². The van der Waals surface area contributed by atoms with Gasteiger partial charge in [-0.15, -0.1) is 0 Å². The molecule has 0 radical (unpaired) electrons. The molecule has 0 spiro atoms. The highest BCUT2D eigenvalue weighted by molar-refractivity contribution is 7.99. The van der Waals surface area contributed by atoms with Crippen molar-refractivity contribution >= 4 is 39.2 Å². The lowest BCUT2D eigenvalue weighted by molar-refractivity contribution is 0.0956. The molecule has 2 aromatic carbocycles. The van der Waals surface area contributed by atoms with Crippen LogP contribution in [-0.2, 0) is 10.0 Å². The van der Waals surface area contributed by atoms with Crippen molar-refractivity contribution in [3.05, 3.63) is 65.4 Å². The van der Waals surface area contributed by atoms with Crippen molar-refractivity contribution in [3.8, 4) is 0 Å². The lowest BCUT2D eigenvalue weighted by atomic mass is 10.2. The Balaban J connectivity index is 1.60. The molecule has 11 nitrogen and oxygen atoms in total. The number of benzene rings is 2. The number of nitrogens with zero attached hydrogens (tertiary/aromatic N) is 3. The first-order valence-electron chi connectivity index (χ1n) is 9.42. The number of alkyl halides is 2. The number of hydroxylamine groups is 1. The summed E-state index contributed by atoms with van der Waals surface area (Å²) in [5, 5.41) is 24.8. The van der Waals surface area contributed by atoms with Crippen LogP contribution in [0.5, 0.6) is 0 Å². The van der Waals surface area contributed by atoms with Crippen molar-refractivity contribution in [2.75, 3.05) is 12.3 Å². The van der Waals surface area contributed by atoms with E-state index in [9.17, 15) is 27.2 Å². The number of thioether (sulfide) groups is 1. The molecule has 1 heterocycles. The maximum atomic E-state index is 12.9. The highest BCUT2D eigenvalue weighted by Crippen LogP contribution is 2.25. The minimum atomic E-state index is -3.85. The van der Waals surface area contributed by atoms with E-state index in [0.717, 1.165) is 17.8 Å². The number of sulfonamides is 1. The van der Waals surface area contributed by atoms with Gasteiger partial charge in [0.2, 0.25) is 10.0 Å². The zero-order valence-electron chi connectivity index (χ0n) is 17.2. The summed E-state index contributed by atoms with van der Waals surface area (Å²) >= 11 is 1.13.